The third kappa shape index (κ3) is 4.81. The van der Waals surface area contributed by atoms with Crippen molar-refractivity contribution in [1.29, 1.82) is 0 Å². The Balaban J connectivity index is 2.85. The van der Waals surface area contributed by atoms with Gasteiger partial charge in [-0.1, -0.05) is 27.2 Å². The van der Waals surface area contributed by atoms with E-state index < -0.39 is 0 Å². The smallest absolute Gasteiger partial charge is 0.251 e. The summed E-state index contributed by atoms with van der Waals surface area (Å²) in [6.45, 7) is 6.63. The van der Waals surface area contributed by atoms with Crippen LogP contribution in [0.3, 0.4) is 0 Å². The molecule has 0 aromatic carbocycles. The van der Waals surface area contributed by atoms with Gasteiger partial charge in [-0.05, 0) is 24.5 Å². The van der Waals surface area contributed by atoms with Gasteiger partial charge in [0.05, 0.1) is 12.6 Å². The van der Waals surface area contributed by atoms with E-state index in [9.17, 15) is 4.79 Å². The number of hydrogen-bond donors (Lipinski definition) is 2. The lowest BCUT2D eigenvalue weighted by Gasteiger charge is -2.17. The lowest BCUT2D eigenvalue weighted by molar-refractivity contribution is 0.0891. The van der Waals surface area contributed by atoms with Gasteiger partial charge < -0.3 is 15.8 Å². The summed E-state index contributed by atoms with van der Waals surface area (Å²) in [7, 11) is 1.64. The molecule has 0 aliphatic carbocycles. The van der Waals surface area contributed by atoms with Crippen LogP contribution in [0.15, 0.2) is 12.1 Å². The number of hydrogen-bond acceptors (Lipinski definition) is 4. The molecule has 0 aliphatic heterocycles. The van der Waals surface area contributed by atoms with Gasteiger partial charge >= 0.3 is 0 Å². The van der Waals surface area contributed by atoms with Crippen molar-refractivity contribution in [2.45, 2.75) is 45.6 Å². The van der Waals surface area contributed by atoms with E-state index in [1.54, 1.807) is 19.2 Å². The highest BCUT2D eigenvalue weighted by Gasteiger charge is 2.15. The second-order valence-electron chi connectivity index (χ2n) is 5.27. The first-order valence-corrected chi connectivity index (χ1v) is 7.05. The Morgan fingerprint density at radius 3 is 2.70 bits per heavy atom. The monoisotopic (exact) mass is 279 g/mol. The van der Waals surface area contributed by atoms with E-state index >= 15 is 0 Å². The van der Waals surface area contributed by atoms with E-state index in [-0.39, 0.29) is 17.9 Å². The molecular weight excluding hydrogens is 254 g/mol. The zero-order valence-corrected chi connectivity index (χ0v) is 12.8. The van der Waals surface area contributed by atoms with E-state index in [4.69, 9.17) is 10.5 Å². The number of nitrogen functional groups attached to an aromatic ring is 1. The van der Waals surface area contributed by atoms with Crippen molar-refractivity contribution in [2.75, 3.05) is 19.5 Å². The average molecular weight is 279 g/mol. The van der Waals surface area contributed by atoms with Gasteiger partial charge in [0.25, 0.3) is 5.91 Å². The molecular formula is C15H25N3O2. The Labute approximate surface area is 120 Å². The average Bonchev–Trinajstić information content (AvgIpc) is 2.38. The Kier molecular flexibility index (Phi) is 6.45. The van der Waals surface area contributed by atoms with E-state index in [1.807, 2.05) is 13.8 Å². The molecule has 0 aliphatic rings. The fourth-order valence-corrected chi connectivity index (χ4v) is 2.02. The maximum Gasteiger partial charge on any atom is 0.251 e. The van der Waals surface area contributed by atoms with Gasteiger partial charge in [-0.2, -0.15) is 0 Å². The van der Waals surface area contributed by atoms with Gasteiger partial charge in [-0.25, -0.2) is 4.98 Å². The number of nitrogens with one attached hydrogen (secondary N) is 1. The Bertz CT molecular complexity index is 441. The summed E-state index contributed by atoms with van der Waals surface area (Å²) >= 11 is 0. The van der Waals surface area contributed by atoms with Crippen LogP contribution in [0.25, 0.3) is 0 Å². The van der Waals surface area contributed by atoms with Gasteiger partial charge in [0.15, 0.2) is 0 Å². The summed E-state index contributed by atoms with van der Waals surface area (Å²) in [5.74, 6) is 0.479. The number of methoxy groups -OCH3 is 1. The zero-order chi connectivity index (χ0) is 15.1. The first-order chi connectivity index (χ1) is 9.47. The van der Waals surface area contributed by atoms with E-state index in [0.717, 1.165) is 18.5 Å². The molecule has 0 spiro atoms. The van der Waals surface area contributed by atoms with Crippen molar-refractivity contribution >= 4 is 11.7 Å². The number of aromatic nitrogens is 1. The molecule has 1 aromatic heterocycles. The van der Waals surface area contributed by atoms with Crippen LogP contribution in [0, 0.1) is 0 Å². The fourth-order valence-electron chi connectivity index (χ4n) is 2.02. The van der Waals surface area contributed by atoms with Gasteiger partial charge in [0.1, 0.15) is 5.82 Å². The summed E-state index contributed by atoms with van der Waals surface area (Å²) in [6.07, 6.45) is 1.88. The van der Waals surface area contributed by atoms with Crippen molar-refractivity contribution < 1.29 is 9.53 Å². The number of amides is 1. The number of carbonyl (C=O) groups is 1. The largest absolute Gasteiger partial charge is 0.384 e. The molecule has 1 rings (SSSR count). The number of anilines is 1. The molecule has 1 heterocycles. The molecule has 5 nitrogen and oxygen atoms in total. The molecule has 1 amide bonds. The van der Waals surface area contributed by atoms with Crippen LogP contribution in [-0.2, 0) is 4.74 Å². The first-order valence-electron chi connectivity index (χ1n) is 7.05. The van der Waals surface area contributed by atoms with Gasteiger partial charge in [0.2, 0.25) is 0 Å². The number of pyridine rings is 1. The lowest BCUT2D eigenvalue weighted by atomic mass is 10.1. The normalized spacial score (nSPS) is 12.4. The third-order valence-corrected chi connectivity index (χ3v) is 3.06. The van der Waals surface area contributed by atoms with Crippen LogP contribution in [0.2, 0.25) is 0 Å². The minimum atomic E-state index is -0.128. The predicted octanol–water partition coefficient (Wildman–Crippen LogP) is 2.33. The number of ether oxygens (including phenoxy) is 1. The van der Waals surface area contributed by atoms with Gasteiger partial charge in [-0.3, -0.25) is 4.79 Å². The molecule has 0 radical (unpaired) electrons. The molecule has 0 saturated heterocycles. The Morgan fingerprint density at radius 2 is 2.15 bits per heavy atom. The predicted molar refractivity (Wildman–Crippen MR) is 80.8 cm³/mol. The van der Waals surface area contributed by atoms with Crippen LogP contribution in [0.4, 0.5) is 5.82 Å². The standard InChI is InChI=1S/C15H25N3O2/c1-5-6-12(9-20-4)17-15(19)11-7-13(10(2)3)18-14(16)8-11/h7-8,10,12H,5-6,9H2,1-4H3,(H2,16,18)(H,17,19). The number of rotatable bonds is 7. The zero-order valence-electron chi connectivity index (χ0n) is 12.8. The summed E-state index contributed by atoms with van der Waals surface area (Å²) in [5, 5.41) is 2.98. The molecule has 0 fully saturated rings. The van der Waals surface area contributed by atoms with Gasteiger partial charge in [0, 0.05) is 18.4 Å². The van der Waals surface area contributed by atoms with Crippen LogP contribution >= 0.6 is 0 Å². The summed E-state index contributed by atoms with van der Waals surface area (Å²) in [5.41, 5.74) is 7.15. The molecule has 1 atom stereocenters. The summed E-state index contributed by atoms with van der Waals surface area (Å²) in [4.78, 5) is 16.5. The van der Waals surface area contributed by atoms with E-state index in [0.29, 0.717) is 18.0 Å². The maximum absolute atomic E-state index is 12.3. The molecule has 3 N–H and O–H groups in total. The van der Waals surface area contributed by atoms with Crippen LogP contribution in [-0.4, -0.2) is 30.6 Å². The highest BCUT2D eigenvalue weighted by Crippen LogP contribution is 2.16. The van der Waals surface area contributed by atoms with Crippen LogP contribution in [0.5, 0.6) is 0 Å². The molecule has 5 heteroatoms. The van der Waals surface area contributed by atoms with Crippen molar-refractivity contribution in [3.05, 3.63) is 23.4 Å². The number of nitrogens with two attached hydrogens (primary N) is 1. The molecule has 0 bridgehead atoms. The maximum atomic E-state index is 12.3. The highest BCUT2D eigenvalue weighted by atomic mass is 16.5. The first kappa shape index (κ1) is 16.4. The Hall–Kier alpha value is -1.62. The van der Waals surface area contributed by atoms with E-state index in [2.05, 4.69) is 17.2 Å². The van der Waals surface area contributed by atoms with Crippen molar-refractivity contribution in [3.63, 3.8) is 0 Å². The van der Waals surface area contributed by atoms with Crippen molar-refractivity contribution in [2.24, 2.45) is 0 Å². The lowest BCUT2D eigenvalue weighted by Crippen LogP contribution is -2.38. The molecule has 1 aromatic rings. The summed E-state index contributed by atoms with van der Waals surface area (Å²) in [6, 6.07) is 3.43. The second kappa shape index (κ2) is 7.85. The Morgan fingerprint density at radius 1 is 1.45 bits per heavy atom. The third-order valence-electron chi connectivity index (χ3n) is 3.06. The minimum absolute atomic E-state index is 0.0226. The quantitative estimate of drug-likeness (QED) is 0.803. The highest BCUT2D eigenvalue weighted by molar-refractivity contribution is 5.95. The fraction of sp³-hybridized carbons (Fsp3) is 0.600. The number of nitrogens with zero attached hydrogens (tertiary/aromatic N) is 1. The molecule has 20 heavy (non-hydrogen) atoms. The van der Waals surface area contributed by atoms with Crippen molar-refractivity contribution in [3.8, 4) is 0 Å². The number of carbonyl (C=O) groups excluding carboxylic acids is 1. The second-order valence-corrected chi connectivity index (χ2v) is 5.27. The molecule has 1 unspecified atom stereocenters. The minimum Gasteiger partial charge on any atom is -0.384 e. The van der Waals surface area contributed by atoms with Crippen LogP contribution < -0.4 is 11.1 Å². The van der Waals surface area contributed by atoms with Gasteiger partial charge in [-0.15, -0.1) is 0 Å². The van der Waals surface area contributed by atoms with E-state index in [1.165, 1.54) is 0 Å². The molecule has 0 saturated carbocycles. The topological polar surface area (TPSA) is 77.2 Å². The molecule has 112 valence electrons. The van der Waals surface area contributed by atoms with Crippen molar-refractivity contribution in [1.82, 2.24) is 10.3 Å². The SMILES string of the molecule is CCCC(COC)NC(=O)c1cc(N)nc(C(C)C)c1. The summed E-state index contributed by atoms with van der Waals surface area (Å²) < 4.78 is 5.13. The van der Waals surface area contributed by atoms with Crippen LogP contribution in [0.1, 0.15) is 55.6 Å².